The van der Waals surface area contributed by atoms with E-state index in [4.69, 9.17) is 4.74 Å². The quantitative estimate of drug-likeness (QED) is 0.421. The normalized spacial score (nSPS) is 18.0. The summed E-state index contributed by atoms with van der Waals surface area (Å²) in [7, 11) is 0. The van der Waals surface area contributed by atoms with Crippen LogP contribution in [0.15, 0.2) is 12.4 Å². The first-order valence-corrected chi connectivity index (χ1v) is 3.38. The summed E-state index contributed by atoms with van der Waals surface area (Å²) in [6.45, 7) is 5.58. The Bertz CT molecular complexity index is 175. The molecule has 62 valence electrons. The molecule has 5 nitrogen and oxygen atoms in total. The summed E-state index contributed by atoms with van der Waals surface area (Å²) >= 11 is 0. The van der Waals surface area contributed by atoms with Gasteiger partial charge in [0.2, 0.25) is 0 Å². The van der Waals surface area contributed by atoms with Gasteiger partial charge in [0.15, 0.2) is 0 Å². The van der Waals surface area contributed by atoms with E-state index in [1.165, 1.54) is 0 Å². The van der Waals surface area contributed by atoms with Gasteiger partial charge in [-0.3, -0.25) is 4.90 Å². The van der Waals surface area contributed by atoms with Crippen LogP contribution in [0.25, 0.3) is 0 Å². The minimum absolute atomic E-state index is 0.0340. The van der Waals surface area contributed by atoms with E-state index in [9.17, 15) is 10.1 Å². The van der Waals surface area contributed by atoms with Crippen LogP contribution in [0.4, 0.5) is 0 Å². The van der Waals surface area contributed by atoms with Crippen LogP contribution < -0.4 is 0 Å². The molecule has 1 rings (SSSR count). The van der Waals surface area contributed by atoms with Crippen molar-refractivity contribution in [2.75, 3.05) is 26.3 Å². The Balaban J connectivity index is 2.45. The van der Waals surface area contributed by atoms with Gasteiger partial charge < -0.3 is 14.9 Å². The zero-order chi connectivity index (χ0) is 8.27. The van der Waals surface area contributed by atoms with Crippen molar-refractivity contribution in [1.29, 1.82) is 0 Å². The lowest BCUT2D eigenvalue weighted by Crippen LogP contribution is -2.37. The van der Waals surface area contributed by atoms with Gasteiger partial charge in [-0.05, 0) is 11.5 Å². The van der Waals surface area contributed by atoms with E-state index < -0.39 is 4.92 Å². The molecule has 1 aliphatic heterocycles. The van der Waals surface area contributed by atoms with E-state index in [0.29, 0.717) is 26.3 Å². The number of ether oxygens (including phenoxy) is 1. The largest absolute Gasteiger partial charge is 0.373 e. The Kier molecular flexibility index (Phi) is 2.43. The molecule has 0 aromatic heterocycles. The second kappa shape index (κ2) is 3.34. The fourth-order valence-corrected chi connectivity index (χ4v) is 0.937. The van der Waals surface area contributed by atoms with Gasteiger partial charge in [0, 0.05) is 0 Å². The van der Waals surface area contributed by atoms with Gasteiger partial charge in [0.1, 0.15) is 13.1 Å². The van der Waals surface area contributed by atoms with Crippen molar-refractivity contribution >= 4 is 0 Å². The van der Waals surface area contributed by atoms with Crippen LogP contribution in [0.3, 0.4) is 0 Å². The van der Waals surface area contributed by atoms with Crippen molar-refractivity contribution in [3.8, 4) is 0 Å². The molecular formula is C6H10N2O3. The minimum Gasteiger partial charge on any atom is -0.373 e. The molecule has 0 atom stereocenters. The summed E-state index contributed by atoms with van der Waals surface area (Å²) in [5, 5.41) is 10.2. The maximum absolute atomic E-state index is 10.2. The Hall–Kier alpha value is -1.10. The molecule has 0 spiro atoms. The van der Waals surface area contributed by atoms with Crippen LogP contribution in [0.2, 0.25) is 0 Å². The molecule has 1 fully saturated rings. The number of nitrogens with zero attached hydrogens (tertiary/aromatic N) is 2. The minimum atomic E-state index is -0.467. The van der Waals surface area contributed by atoms with Crippen molar-refractivity contribution in [3.05, 3.63) is 22.5 Å². The van der Waals surface area contributed by atoms with Crippen molar-refractivity contribution in [1.82, 2.24) is 4.90 Å². The molecule has 1 heterocycles. The third-order valence-corrected chi connectivity index (χ3v) is 1.59. The van der Waals surface area contributed by atoms with E-state index in [0.717, 1.165) is 0 Å². The van der Waals surface area contributed by atoms with Crippen molar-refractivity contribution < 1.29 is 9.66 Å². The van der Waals surface area contributed by atoms with E-state index in [1.54, 1.807) is 4.90 Å². The fraction of sp³-hybridized carbons (Fsp3) is 0.667. The predicted octanol–water partition coefficient (Wildman–Crippen LogP) is 0.0665. The van der Waals surface area contributed by atoms with Crippen LogP contribution in [0, 0.1) is 10.1 Å². The summed E-state index contributed by atoms with van der Waals surface area (Å²) in [6, 6.07) is 0. The highest BCUT2D eigenvalue weighted by Gasteiger charge is 2.20. The fourth-order valence-electron chi connectivity index (χ4n) is 0.937. The molecule has 0 aromatic rings. The van der Waals surface area contributed by atoms with Gasteiger partial charge in [-0.15, -0.1) is 0 Å². The van der Waals surface area contributed by atoms with Crippen LogP contribution in [0.1, 0.15) is 0 Å². The summed E-state index contributed by atoms with van der Waals surface area (Å²) in [5.74, 6) is -0.0340. The molecule has 1 aliphatic rings. The van der Waals surface area contributed by atoms with Crippen molar-refractivity contribution in [3.63, 3.8) is 0 Å². The molecule has 0 aliphatic carbocycles. The Morgan fingerprint density at radius 1 is 1.55 bits per heavy atom. The number of morpholine rings is 1. The topological polar surface area (TPSA) is 55.6 Å². The molecule has 11 heavy (non-hydrogen) atoms. The Morgan fingerprint density at radius 2 is 2.09 bits per heavy atom. The van der Waals surface area contributed by atoms with Crippen LogP contribution in [-0.2, 0) is 4.74 Å². The molecule has 0 amide bonds. The van der Waals surface area contributed by atoms with E-state index in [2.05, 4.69) is 6.58 Å². The summed E-state index contributed by atoms with van der Waals surface area (Å²) in [4.78, 5) is 11.4. The number of nitro groups is 1. The molecule has 0 bridgehead atoms. The smallest absolute Gasteiger partial charge is 0.311 e. The predicted molar refractivity (Wildman–Crippen MR) is 38.5 cm³/mol. The standard InChI is InChI=1S/C6H10N2O3/c1-6(8(9)10)7-2-4-11-5-3-7/h1-5H2. The maximum Gasteiger partial charge on any atom is 0.311 e. The Labute approximate surface area is 64.4 Å². The molecule has 0 aromatic carbocycles. The lowest BCUT2D eigenvalue weighted by molar-refractivity contribution is -0.447. The van der Waals surface area contributed by atoms with E-state index in [1.807, 2.05) is 0 Å². The Morgan fingerprint density at radius 3 is 2.55 bits per heavy atom. The van der Waals surface area contributed by atoms with Gasteiger partial charge in [0.25, 0.3) is 0 Å². The average molecular weight is 158 g/mol. The van der Waals surface area contributed by atoms with Crippen LogP contribution in [0.5, 0.6) is 0 Å². The lowest BCUT2D eigenvalue weighted by Gasteiger charge is -2.22. The first-order valence-electron chi connectivity index (χ1n) is 3.38. The maximum atomic E-state index is 10.2. The number of hydrogen-bond donors (Lipinski definition) is 0. The molecule has 0 radical (unpaired) electrons. The van der Waals surface area contributed by atoms with Crippen molar-refractivity contribution in [2.24, 2.45) is 0 Å². The van der Waals surface area contributed by atoms with E-state index >= 15 is 0 Å². The molecule has 5 heteroatoms. The summed E-state index contributed by atoms with van der Waals surface area (Å²) < 4.78 is 5.02. The highest BCUT2D eigenvalue weighted by atomic mass is 16.6. The summed E-state index contributed by atoms with van der Waals surface area (Å²) in [5.41, 5.74) is 0. The molecule has 1 saturated heterocycles. The third kappa shape index (κ3) is 1.91. The second-order valence-electron chi connectivity index (χ2n) is 2.27. The zero-order valence-electron chi connectivity index (χ0n) is 6.15. The van der Waals surface area contributed by atoms with Gasteiger partial charge in [-0.1, -0.05) is 0 Å². The van der Waals surface area contributed by atoms with Gasteiger partial charge in [-0.2, -0.15) is 0 Å². The first kappa shape index (κ1) is 8.00. The van der Waals surface area contributed by atoms with Crippen molar-refractivity contribution in [2.45, 2.75) is 0 Å². The highest BCUT2D eigenvalue weighted by Crippen LogP contribution is 2.04. The van der Waals surface area contributed by atoms with E-state index in [-0.39, 0.29) is 5.82 Å². The van der Waals surface area contributed by atoms with Crippen LogP contribution in [-0.4, -0.2) is 36.1 Å². The summed E-state index contributed by atoms with van der Waals surface area (Å²) in [6.07, 6.45) is 0. The molecule has 0 saturated carbocycles. The zero-order valence-corrected chi connectivity index (χ0v) is 6.15. The third-order valence-electron chi connectivity index (χ3n) is 1.59. The monoisotopic (exact) mass is 158 g/mol. The highest BCUT2D eigenvalue weighted by molar-refractivity contribution is 4.82. The number of rotatable bonds is 2. The lowest BCUT2D eigenvalue weighted by atomic mass is 10.4. The SMILES string of the molecule is C=C(N1CCOCC1)[N+](=O)[O-]. The number of hydrogen-bond acceptors (Lipinski definition) is 4. The average Bonchev–Trinajstić information content (AvgIpc) is 2.05. The molecular weight excluding hydrogens is 148 g/mol. The van der Waals surface area contributed by atoms with Gasteiger partial charge >= 0.3 is 5.82 Å². The first-order chi connectivity index (χ1) is 5.22. The van der Waals surface area contributed by atoms with Gasteiger partial charge in [-0.25, -0.2) is 0 Å². The van der Waals surface area contributed by atoms with Gasteiger partial charge in [0.05, 0.1) is 13.2 Å². The second-order valence-corrected chi connectivity index (χ2v) is 2.27. The van der Waals surface area contributed by atoms with Crippen LogP contribution >= 0.6 is 0 Å². The molecule has 0 N–H and O–H groups in total. The molecule has 0 unspecified atom stereocenters.